The van der Waals surface area contributed by atoms with E-state index in [1.54, 1.807) is 7.11 Å². The third-order valence-corrected chi connectivity index (χ3v) is 2.60. The molecular weight excluding hydrogens is 148 g/mol. The van der Waals surface area contributed by atoms with Gasteiger partial charge in [-0.1, -0.05) is 24.3 Å². The summed E-state index contributed by atoms with van der Waals surface area (Å²) in [7, 11) is 1.80. The van der Waals surface area contributed by atoms with Gasteiger partial charge in [0.1, 0.15) is 0 Å². The van der Waals surface area contributed by atoms with Gasteiger partial charge in [0.05, 0.1) is 6.10 Å². The minimum Gasteiger partial charge on any atom is -0.377 e. The second kappa shape index (κ2) is 3.28. The molecule has 2 rings (SSSR count). The van der Waals surface area contributed by atoms with Crippen LogP contribution in [0.2, 0.25) is 0 Å². The van der Waals surface area contributed by atoms with Gasteiger partial charge in [0, 0.05) is 7.11 Å². The summed E-state index contributed by atoms with van der Waals surface area (Å²) in [5.74, 6) is 0. The first-order valence-corrected chi connectivity index (χ1v) is 4.52. The number of methoxy groups -OCH3 is 1. The molecule has 0 unspecified atom stereocenters. The lowest BCUT2D eigenvalue weighted by atomic mass is 9.89. The van der Waals surface area contributed by atoms with E-state index in [0.29, 0.717) is 6.10 Å². The Bertz CT molecular complexity index is 267. The molecule has 0 aromatic heterocycles. The molecule has 0 amide bonds. The van der Waals surface area contributed by atoms with Crippen molar-refractivity contribution in [3.05, 3.63) is 35.4 Å². The van der Waals surface area contributed by atoms with Gasteiger partial charge in [0.15, 0.2) is 0 Å². The van der Waals surface area contributed by atoms with Crippen LogP contribution >= 0.6 is 0 Å². The van der Waals surface area contributed by atoms with Crippen molar-refractivity contribution in [2.24, 2.45) is 0 Å². The summed E-state index contributed by atoms with van der Waals surface area (Å²) in [5.41, 5.74) is 2.86. The van der Waals surface area contributed by atoms with Gasteiger partial charge >= 0.3 is 0 Å². The molecule has 1 aliphatic carbocycles. The molecular formula is C11H14O. The maximum absolute atomic E-state index is 5.42. The highest BCUT2D eigenvalue weighted by molar-refractivity contribution is 5.31. The molecule has 0 saturated heterocycles. The molecule has 1 aromatic carbocycles. The van der Waals surface area contributed by atoms with Crippen LogP contribution in [0, 0.1) is 0 Å². The number of ether oxygens (including phenoxy) is 1. The van der Waals surface area contributed by atoms with Crippen LogP contribution in [-0.4, -0.2) is 7.11 Å². The molecule has 0 fully saturated rings. The van der Waals surface area contributed by atoms with Crippen molar-refractivity contribution in [3.8, 4) is 0 Å². The highest BCUT2D eigenvalue weighted by Crippen LogP contribution is 2.31. The Labute approximate surface area is 73.4 Å². The van der Waals surface area contributed by atoms with Gasteiger partial charge in [-0.3, -0.25) is 0 Å². The van der Waals surface area contributed by atoms with Gasteiger partial charge in [-0.2, -0.15) is 0 Å². The highest BCUT2D eigenvalue weighted by atomic mass is 16.5. The zero-order chi connectivity index (χ0) is 8.39. The number of hydrogen-bond donors (Lipinski definition) is 0. The molecule has 1 heteroatoms. The van der Waals surface area contributed by atoms with Crippen molar-refractivity contribution in [1.29, 1.82) is 0 Å². The largest absolute Gasteiger partial charge is 0.377 e. The van der Waals surface area contributed by atoms with Gasteiger partial charge in [-0.15, -0.1) is 0 Å². The zero-order valence-electron chi connectivity index (χ0n) is 7.42. The molecule has 0 N–H and O–H groups in total. The van der Waals surface area contributed by atoms with Crippen LogP contribution in [0.15, 0.2) is 24.3 Å². The first-order valence-electron chi connectivity index (χ1n) is 4.52. The molecule has 1 aliphatic rings. The average molecular weight is 162 g/mol. The lowest BCUT2D eigenvalue weighted by Crippen LogP contribution is -2.10. The molecule has 64 valence electrons. The van der Waals surface area contributed by atoms with Gasteiger partial charge in [-0.25, -0.2) is 0 Å². The SMILES string of the molecule is CO[C@@H]1CCCc2ccccc21. The Morgan fingerprint density at radius 2 is 2.17 bits per heavy atom. The molecule has 0 saturated carbocycles. The first kappa shape index (κ1) is 7.81. The van der Waals surface area contributed by atoms with Gasteiger partial charge in [-0.05, 0) is 30.4 Å². The second-order valence-corrected chi connectivity index (χ2v) is 3.32. The van der Waals surface area contributed by atoms with Gasteiger partial charge < -0.3 is 4.74 Å². The predicted molar refractivity (Wildman–Crippen MR) is 49.1 cm³/mol. The molecule has 12 heavy (non-hydrogen) atoms. The normalized spacial score (nSPS) is 21.9. The maximum atomic E-state index is 5.42. The summed E-state index contributed by atoms with van der Waals surface area (Å²) >= 11 is 0. The van der Waals surface area contributed by atoms with E-state index in [1.807, 2.05) is 0 Å². The van der Waals surface area contributed by atoms with E-state index in [2.05, 4.69) is 24.3 Å². The lowest BCUT2D eigenvalue weighted by Gasteiger charge is -2.23. The van der Waals surface area contributed by atoms with Crippen LogP contribution in [0.1, 0.15) is 30.1 Å². The Kier molecular flexibility index (Phi) is 2.13. The topological polar surface area (TPSA) is 9.23 Å². The van der Waals surface area contributed by atoms with Gasteiger partial charge in [0.2, 0.25) is 0 Å². The first-order chi connectivity index (χ1) is 5.92. The average Bonchev–Trinajstić information content (AvgIpc) is 2.17. The molecule has 0 aliphatic heterocycles. The molecule has 1 nitrogen and oxygen atoms in total. The number of rotatable bonds is 1. The number of aryl methyl sites for hydroxylation is 1. The highest BCUT2D eigenvalue weighted by Gasteiger charge is 2.18. The summed E-state index contributed by atoms with van der Waals surface area (Å²) in [5, 5.41) is 0. The van der Waals surface area contributed by atoms with Crippen LogP contribution in [0.3, 0.4) is 0 Å². The fourth-order valence-electron chi connectivity index (χ4n) is 1.95. The fourth-order valence-corrected chi connectivity index (χ4v) is 1.95. The van der Waals surface area contributed by atoms with E-state index in [9.17, 15) is 0 Å². The zero-order valence-corrected chi connectivity index (χ0v) is 7.42. The van der Waals surface area contributed by atoms with E-state index in [-0.39, 0.29) is 0 Å². The summed E-state index contributed by atoms with van der Waals surface area (Å²) < 4.78 is 5.42. The molecule has 0 heterocycles. The fraction of sp³-hybridized carbons (Fsp3) is 0.455. The van der Waals surface area contributed by atoms with Crippen molar-refractivity contribution >= 4 is 0 Å². The van der Waals surface area contributed by atoms with Crippen molar-refractivity contribution in [2.45, 2.75) is 25.4 Å². The standard InChI is InChI=1S/C11H14O/c1-12-11-8-4-6-9-5-2-3-7-10(9)11/h2-3,5,7,11H,4,6,8H2,1H3/t11-/m1/s1. The molecule has 0 radical (unpaired) electrons. The van der Waals surface area contributed by atoms with Crippen molar-refractivity contribution in [2.75, 3.05) is 7.11 Å². The van der Waals surface area contributed by atoms with Crippen LogP contribution in [0.5, 0.6) is 0 Å². The molecule has 0 spiro atoms. The Hall–Kier alpha value is -0.820. The molecule has 1 aromatic rings. The van der Waals surface area contributed by atoms with E-state index < -0.39 is 0 Å². The maximum Gasteiger partial charge on any atom is 0.0823 e. The van der Waals surface area contributed by atoms with E-state index in [1.165, 1.54) is 30.4 Å². The van der Waals surface area contributed by atoms with Crippen molar-refractivity contribution < 1.29 is 4.74 Å². The minimum atomic E-state index is 0.343. The van der Waals surface area contributed by atoms with Crippen molar-refractivity contribution in [3.63, 3.8) is 0 Å². The third-order valence-electron chi connectivity index (χ3n) is 2.60. The predicted octanol–water partition coefficient (Wildman–Crippen LogP) is 2.71. The number of fused-ring (bicyclic) bond motifs is 1. The smallest absolute Gasteiger partial charge is 0.0823 e. The number of hydrogen-bond acceptors (Lipinski definition) is 1. The summed E-state index contributed by atoms with van der Waals surface area (Å²) in [6.45, 7) is 0. The Balaban J connectivity index is 2.37. The van der Waals surface area contributed by atoms with E-state index in [0.717, 1.165) is 0 Å². The second-order valence-electron chi connectivity index (χ2n) is 3.32. The van der Waals surface area contributed by atoms with Crippen LogP contribution in [-0.2, 0) is 11.2 Å². The summed E-state index contributed by atoms with van der Waals surface area (Å²) in [6, 6.07) is 8.59. The van der Waals surface area contributed by atoms with E-state index in [4.69, 9.17) is 4.74 Å². The van der Waals surface area contributed by atoms with Crippen LogP contribution in [0.25, 0.3) is 0 Å². The minimum absolute atomic E-state index is 0.343. The Morgan fingerprint density at radius 3 is 3.00 bits per heavy atom. The quantitative estimate of drug-likeness (QED) is 0.617. The van der Waals surface area contributed by atoms with Gasteiger partial charge in [0.25, 0.3) is 0 Å². The summed E-state index contributed by atoms with van der Waals surface area (Å²) in [6.07, 6.45) is 3.99. The molecule has 1 atom stereocenters. The van der Waals surface area contributed by atoms with Crippen molar-refractivity contribution in [1.82, 2.24) is 0 Å². The van der Waals surface area contributed by atoms with Crippen LogP contribution in [0.4, 0.5) is 0 Å². The third kappa shape index (κ3) is 1.25. The monoisotopic (exact) mass is 162 g/mol. The van der Waals surface area contributed by atoms with Crippen LogP contribution < -0.4 is 0 Å². The number of benzene rings is 1. The summed E-state index contributed by atoms with van der Waals surface area (Å²) in [4.78, 5) is 0. The molecule has 0 bridgehead atoms. The Morgan fingerprint density at radius 1 is 1.33 bits per heavy atom. The van der Waals surface area contributed by atoms with E-state index >= 15 is 0 Å². The lowest BCUT2D eigenvalue weighted by molar-refractivity contribution is 0.0881.